The average molecular weight is 542 g/mol. The quantitative estimate of drug-likeness (QED) is 0.252. The fourth-order valence-electron chi connectivity index (χ4n) is 4.30. The molecule has 5 rings (SSSR count). The van der Waals surface area contributed by atoms with E-state index in [2.05, 4.69) is 40.4 Å². The number of aryl methyl sites for hydroxylation is 1. The first-order chi connectivity index (χ1) is 18.1. The fourth-order valence-corrected chi connectivity index (χ4v) is 5.43. The molecule has 0 atom stereocenters. The highest BCUT2D eigenvalue weighted by molar-refractivity contribution is 7.92. The predicted octanol–water partition coefficient (Wildman–Crippen LogP) is 3.21. The summed E-state index contributed by atoms with van der Waals surface area (Å²) in [7, 11) is -3.87. The van der Waals surface area contributed by atoms with Gasteiger partial charge in [-0.05, 0) is 48.9 Å². The lowest BCUT2D eigenvalue weighted by molar-refractivity contribution is 0.103. The van der Waals surface area contributed by atoms with E-state index >= 15 is 4.39 Å². The van der Waals surface area contributed by atoms with Crippen LogP contribution >= 0.6 is 0 Å². The van der Waals surface area contributed by atoms with Crippen molar-refractivity contribution in [3.8, 4) is 17.1 Å². The summed E-state index contributed by atoms with van der Waals surface area (Å²) >= 11 is 0. The number of pyridine rings is 1. The van der Waals surface area contributed by atoms with Gasteiger partial charge in [0, 0.05) is 34.5 Å². The van der Waals surface area contributed by atoms with Crippen LogP contribution in [0.25, 0.3) is 28.1 Å². The number of nitrogens with one attached hydrogen (secondary N) is 3. The van der Waals surface area contributed by atoms with Crippen LogP contribution in [-0.2, 0) is 10.0 Å². The van der Waals surface area contributed by atoms with E-state index in [4.69, 9.17) is 0 Å². The maximum atomic E-state index is 15.3. The number of benzene rings is 1. The molecule has 0 unspecified atom stereocenters. The Bertz CT molecular complexity index is 1790. The molecule has 0 bridgehead atoms. The third-order valence-electron chi connectivity index (χ3n) is 5.95. The van der Waals surface area contributed by atoms with Crippen LogP contribution in [0.3, 0.4) is 0 Å². The molecule has 3 N–H and O–H groups in total. The monoisotopic (exact) mass is 541 g/mol. The summed E-state index contributed by atoms with van der Waals surface area (Å²) in [5, 5.41) is 18.4. The topological polar surface area (TPSA) is 164 Å². The van der Waals surface area contributed by atoms with Crippen molar-refractivity contribution in [2.24, 2.45) is 0 Å². The van der Waals surface area contributed by atoms with Crippen LogP contribution in [0.1, 0.15) is 40.7 Å². The third kappa shape index (κ3) is 4.30. The highest BCUT2D eigenvalue weighted by Gasteiger charge is 2.26. The normalized spacial score (nSPS) is 11.8. The molecule has 0 saturated carbocycles. The fraction of sp³-hybridized carbons (Fsp3) is 0.217. The first kappa shape index (κ1) is 25.1. The molecule has 0 aliphatic rings. The number of rotatable bonds is 8. The molecule has 0 spiro atoms. The number of hydrogen-bond donors (Lipinski definition) is 3. The summed E-state index contributed by atoms with van der Waals surface area (Å²) in [4.78, 5) is 20.6. The molecule has 0 aliphatic carbocycles. The van der Waals surface area contributed by atoms with Crippen LogP contribution in [0.2, 0.25) is 0 Å². The van der Waals surface area contributed by atoms with E-state index in [0.29, 0.717) is 45.9 Å². The van der Waals surface area contributed by atoms with Gasteiger partial charge in [-0.25, -0.2) is 32.0 Å². The lowest BCUT2D eigenvalue weighted by Gasteiger charge is -2.11. The second kappa shape index (κ2) is 9.41. The Labute approximate surface area is 214 Å². The SMILES string of the molecule is CCCS(=O)(=O)Nc1ccc(F)c(C(=O)c2c[nH]c3ncc(-c4c(C)nn(-c5nnn[nH]5)c4C)cc23)c1F. The zero-order valence-corrected chi connectivity index (χ0v) is 21.2. The van der Waals surface area contributed by atoms with Gasteiger partial charge >= 0.3 is 0 Å². The van der Waals surface area contributed by atoms with E-state index in [1.165, 1.54) is 10.9 Å². The Kier molecular flexibility index (Phi) is 6.22. The Morgan fingerprint density at radius 1 is 1.21 bits per heavy atom. The van der Waals surface area contributed by atoms with Gasteiger partial charge < -0.3 is 4.98 Å². The number of carbonyl (C=O) groups is 1. The molecule has 0 aliphatic heterocycles. The predicted molar refractivity (Wildman–Crippen MR) is 133 cm³/mol. The number of ketones is 1. The Balaban J connectivity index is 1.58. The van der Waals surface area contributed by atoms with Gasteiger partial charge in [0.05, 0.1) is 28.4 Å². The van der Waals surface area contributed by atoms with Gasteiger partial charge in [-0.2, -0.15) is 5.10 Å². The molecule has 12 nitrogen and oxygen atoms in total. The van der Waals surface area contributed by atoms with E-state index in [9.17, 15) is 17.6 Å². The van der Waals surface area contributed by atoms with E-state index in [1.54, 1.807) is 33.0 Å². The number of H-pyrrole nitrogens is 2. The molecular formula is C23H21F2N9O3S. The number of tetrazole rings is 1. The third-order valence-corrected chi connectivity index (χ3v) is 7.42. The van der Waals surface area contributed by atoms with Crippen molar-refractivity contribution < 1.29 is 22.0 Å². The van der Waals surface area contributed by atoms with Crippen LogP contribution in [-0.4, -0.2) is 60.3 Å². The summed E-state index contributed by atoms with van der Waals surface area (Å²) in [6, 6.07) is 3.45. The Morgan fingerprint density at radius 3 is 2.71 bits per heavy atom. The Morgan fingerprint density at radius 2 is 2.00 bits per heavy atom. The van der Waals surface area contributed by atoms with Gasteiger partial charge in [0.2, 0.25) is 15.8 Å². The molecule has 0 radical (unpaired) electrons. The molecule has 38 heavy (non-hydrogen) atoms. The van der Waals surface area contributed by atoms with Crippen molar-refractivity contribution in [1.82, 2.24) is 40.4 Å². The number of anilines is 1. The molecular weight excluding hydrogens is 520 g/mol. The second-order valence-electron chi connectivity index (χ2n) is 8.54. The first-order valence-corrected chi connectivity index (χ1v) is 13.1. The minimum absolute atomic E-state index is 0.0390. The van der Waals surface area contributed by atoms with E-state index in [1.807, 2.05) is 0 Å². The summed E-state index contributed by atoms with van der Waals surface area (Å²) in [6.07, 6.45) is 3.18. The number of aromatic amines is 2. The van der Waals surface area contributed by atoms with Crippen molar-refractivity contribution in [3.63, 3.8) is 0 Å². The van der Waals surface area contributed by atoms with Gasteiger partial charge in [-0.15, -0.1) is 0 Å². The minimum atomic E-state index is -3.87. The van der Waals surface area contributed by atoms with Crippen molar-refractivity contribution >= 4 is 32.5 Å². The maximum Gasteiger partial charge on any atom is 0.267 e. The molecule has 0 fully saturated rings. The number of carbonyl (C=O) groups excluding carboxylic acids is 1. The highest BCUT2D eigenvalue weighted by Crippen LogP contribution is 2.32. The molecule has 1 aromatic carbocycles. The molecule has 0 amide bonds. The largest absolute Gasteiger partial charge is 0.345 e. The highest BCUT2D eigenvalue weighted by atomic mass is 32.2. The van der Waals surface area contributed by atoms with E-state index < -0.39 is 38.7 Å². The molecule has 4 heterocycles. The summed E-state index contributed by atoms with van der Waals surface area (Å²) in [5.74, 6) is -3.35. The van der Waals surface area contributed by atoms with Crippen molar-refractivity contribution in [1.29, 1.82) is 0 Å². The van der Waals surface area contributed by atoms with Crippen molar-refractivity contribution in [3.05, 3.63) is 64.7 Å². The molecule has 5 aromatic rings. The lowest BCUT2D eigenvalue weighted by Crippen LogP contribution is -2.18. The summed E-state index contributed by atoms with van der Waals surface area (Å²) in [5.41, 5.74) is 1.51. The van der Waals surface area contributed by atoms with Crippen molar-refractivity contribution in [2.45, 2.75) is 27.2 Å². The number of nitrogens with zero attached hydrogens (tertiary/aromatic N) is 6. The summed E-state index contributed by atoms with van der Waals surface area (Å²) < 4.78 is 57.9. The van der Waals surface area contributed by atoms with Gasteiger partial charge in [-0.1, -0.05) is 12.0 Å². The van der Waals surface area contributed by atoms with E-state index in [0.717, 1.165) is 12.1 Å². The maximum absolute atomic E-state index is 15.3. The second-order valence-corrected chi connectivity index (χ2v) is 10.4. The molecule has 15 heteroatoms. The van der Waals surface area contributed by atoms with Gasteiger partial charge in [0.1, 0.15) is 11.5 Å². The standard InChI is InChI=1S/C23H21F2N9O3S/c1-4-7-38(36,37)31-17-6-5-16(24)19(20(17)25)21(35)15-10-27-22-14(15)8-13(9-26-22)18-11(2)30-34(12(18)3)23-28-32-33-29-23/h5-6,8-10,31H,4,7H2,1-3H3,(H,26,27)(H,28,29,32,33). The van der Waals surface area contributed by atoms with Crippen LogP contribution in [0, 0.1) is 25.5 Å². The van der Waals surface area contributed by atoms with Crippen molar-refractivity contribution in [2.75, 3.05) is 10.5 Å². The number of hydrogen-bond acceptors (Lipinski definition) is 8. The molecule has 196 valence electrons. The zero-order chi connectivity index (χ0) is 27.2. The molecule has 0 saturated heterocycles. The van der Waals surface area contributed by atoms with Crippen LogP contribution in [0.5, 0.6) is 0 Å². The number of aromatic nitrogens is 8. The number of sulfonamides is 1. The smallest absolute Gasteiger partial charge is 0.267 e. The summed E-state index contributed by atoms with van der Waals surface area (Å²) in [6.45, 7) is 5.24. The van der Waals surface area contributed by atoms with Crippen LogP contribution < -0.4 is 4.72 Å². The van der Waals surface area contributed by atoms with E-state index in [-0.39, 0.29) is 11.3 Å². The number of fused-ring (bicyclic) bond motifs is 1. The van der Waals surface area contributed by atoms with Crippen LogP contribution in [0.4, 0.5) is 14.5 Å². The minimum Gasteiger partial charge on any atom is -0.345 e. The van der Waals surface area contributed by atoms with Crippen LogP contribution in [0.15, 0.2) is 30.6 Å². The van der Waals surface area contributed by atoms with Gasteiger partial charge in [0.15, 0.2) is 5.82 Å². The zero-order valence-electron chi connectivity index (χ0n) is 20.4. The van der Waals surface area contributed by atoms with Gasteiger partial charge in [0.25, 0.3) is 5.95 Å². The molecule has 4 aromatic heterocycles. The first-order valence-electron chi connectivity index (χ1n) is 11.4. The lowest BCUT2D eigenvalue weighted by atomic mass is 9.99. The average Bonchev–Trinajstić information content (AvgIpc) is 3.59. The number of halogens is 2. The van der Waals surface area contributed by atoms with Gasteiger partial charge in [-0.3, -0.25) is 9.52 Å². The Hall–Kier alpha value is -4.53.